The summed E-state index contributed by atoms with van der Waals surface area (Å²) in [6.07, 6.45) is -1.12. The van der Waals surface area contributed by atoms with E-state index < -0.39 is 23.4 Å². The number of carbonyl (C=O) groups is 3. The number of amides is 3. The number of hydrogen-bond acceptors (Lipinski definition) is 5. The average molecular weight is 442 g/mol. The van der Waals surface area contributed by atoms with Gasteiger partial charge in [0.1, 0.15) is 11.2 Å². The van der Waals surface area contributed by atoms with Crippen LogP contribution in [0.1, 0.15) is 57.5 Å². The van der Waals surface area contributed by atoms with Crippen LogP contribution in [-0.4, -0.2) is 29.3 Å². The third kappa shape index (κ3) is 8.67. The molecule has 2 rings (SSSR count). The summed E-state index contributed by atoms with van der Waals surface area (Å²) in [6, 6.07) is 13.7. The molecular formula is C24H31N3O5. The molecule has 0 saturated heterocycles. The van der Waals surface area contributed by atoms with Crippen molar-refractivity contribution < 1.29 is 23.9 Å². The second kappa shape index (κ2) is 10.2. The second-order valence-electron chi connectivity index (χ2n) is 9.18. The highest BCUT2D eigenvalue weighted by molar-refractivity contribution is 6.06. The molecule has 0 aromatic heterocycles. The van der Waals surface area contributed by atoms with Crippen LogP contribution < -0.4 is 16.0 Å². The molecule has 0 saturated carbocycles. The predicted molar refractivity (Wildman–Crippen MR) is 124 cm³/mol. The molecule has 32 heavy (non-hydrogen) atoms. The Morgan fingerprint density at radius 3 is 1.75 bits per heavy atom. The Morgan fingerprint density at radius 1 is 0.719 bits per heavy atom. The van der Waals surface area contributed by atoms with Crippen LogP contribution in [0.3, 0.4) is 0 Å². The van der Waals surface area contributed by atoms with Crippen LogP contribution in [0.15, 0.2) is 48.5 Å². The summed E-state index contributed by atoms with van der Waals surface area (Å²) in [7, 11) is 0. The molecule has 0 spiro atoms. The van der Waals surface area contributed by atoms with Gasteiger partial charge in [0, 0.05) is 12.1 Å². The zero-order valence-corrected chi connectivity index (χ0v) is 19.4. The third-order valence-electron chi connectivity index (χ3n) is 3.86. The van der Waals surface area contributed by atoms with Crippen molar-refractivity contribution in [2.24, 2.45) is 0 Å². The first kappa shape index (κ1) is 24.7. The minimum atomic E-state index is -0.637. The van der Waals surface area contributed by atoms with E-state index in [1.807, 2.05) is 0 Å². The summed E-state index contributed by atoms with van der Waals surface area (Å²) in [4.78, 5) is 36.5. The van der Waals surface area contributed by atoms with E-state index in [0.717, 1.165) is 5.56 Å². The fourth-order valence-electron chi connectivity index (χ4n) is 2.57. The van der Waals surface area contributed by atoms with E-state index in [1.54, 1.807) is 90.1 Å². The smallest absolute Gasteiger partial charge is 0.412 e. The first-order valence-corrected chi connectivity index (χ1v) is 10.3. The van der Waals surface area contributed by atoms with Crippen molar-refractivity contribution in [3.05, 3.63) is 59.7 Å². The molecule has 2 aromatic rings. The van der Waals surface area contributed by atoms with Gasteiger partial charge in [0.05, 0.1) is 11.4 Å². The molecule has 8 heteroatoms. The highest BCUT2D eigenvalue weighted by atomic mass is 16.6. The van der Waals surface area contributed by atoms with Gasteiger partial charge in [0.2, 0.25) is 0 Å². The van der Waals surface area contributed by atoms with Crippen molar-refractivity contribution in [3.8, 4) is 0 Å². The molecule has 0 radical (unpaired) electrons. The highest BCUT2D eigenvalue weighted by Crippen LogP contribution is 2.23. The Hall–Kier alpha value is -3.55. The van der Waals surface area contributed by atoms with Crippen molar-refractivity contribution in [3.63, 3.8) is 0 Å². The molecule has 0 heterocycles. The zero-order chi connectivity index (χ0) is 23.9. The number of rotatable bonds is 5. The number of carbonyl (C=O) groups excluding carboxylic acids is 3. The molecule has 172 valence electrons. The van der Waals surface area contributed by atoms with Gasteiger partial charge in [-0.1, -0.05) is 24.3 Å². The number of para-hydroxylation sites is 2. The first-order valence-electron chi connectivity index (χ1n) is 10.3. The third-order valence-corrected chi connectivity index (χ3v) is 3.86. The topological polar surface area (TPSA) is 106 Å². The van der Waals surface area contributed by atoms with Crippen molar-refractivity contribution in [1.29, 1.82) is 0 Å². The molecule has 8 nitrogen and oxygen atoms in total. The van der Waals surface area contributed by atoms with Gasteiger partial charge in [-0.25, -0.2) is 9.59 Å². The Balaban J connectivity index is 1.98. The summed E-state index contributed by atoms with van der Waals surface area (Å²) in [5.41, 5.74) is 0.910. The van der Waals surface area contributed by atoms with Crippen LogP contribution in [0.25, 0.3) is 0 Å². The Morgan fingerprint density at radius 2 is 1.22 bits per heavy atom. The van der Waals surface area contributed by atoms with Crippen LogP contribution in [0, 0.1) is 0 Å². The first-order chi connectivity index (χ1) is 14.8. The quantitative estimate of drug-likeness (QED) is 0.583. The molecule has 0 aliphatic carbocycles. The lowest BCUT2D eigenvalue weighted by molar-refractivity contribution is 0.0522. The van der Waals surface area contributed by atoms with Crippen LogP contribution >= 0.6 is 0 Å². The number of anilines is 2. The van der Waals surface area contributed by atoms with Gasteiger partial charge in [-0.15, -0.1) is 0 Å². The second-order valence-corrected chi connectivity index (χ2v) is 9.18. The van der Waals surface area contributed by atoms with Crippen molar-refractivity contribution in [1.82, 2.24) is 5.32 Å². The molecular weight excluding hydrogens is 410 g/mol. The molecule has 0 atom stereocenters. The largest absolute Gasteiger partial charge is 0.444 e. The minimum Gasteiger partial charge on any atom is -0.444 e. The summed E-state index contributed by atoms with van der Waals surface area (Å²) in [5.74, 6) is -0.338. The van der Waals surface area contributed by atoms with Gasteiger partial charge in [-0.05, 0) is 71.4 Å². The zero-order valence-electron chi connectivity index (χ0n) is 19.4. The summed E-state index contributed by atoms with van der Waals surface area (Å²) in [5, 5.41) is 8.11. The van der Waals surface area contributed by atoms with Crippen LogP contribution in [0.2, 0.25) is 0 Å². The number of benzene rings is 2. The molecule has 2 aromatic carbocycles. The highest BCUT2D eigenvalue weighted by Gasteiger charge is 2.18. The maximum atomic E-state index is 12.7. The van der Waals surface area contributed by atoms with Gasteiger partial charge in [0.15, 0.2) is 0 Å². The van der Waals surface area contributed by atoms with E-state index in [4.69, 9.17) is 9.47 Å². The monoisotopic (exact) mass is 441 g/mol. The maximum Gasteiger partial charge on any atom is 0.412 e. The Labute approximate surface area is 188 Å². The maximum absolute atomic E-state index is 12.7. The summed E-state index contributed by atoms with van der Waals surface area (Å²) < 4.78 is 10.5. The Bertz CT molecular complexity index is 957. The van der Waals surface area contributed by atoms with Gasteiger partial charge in [-0.3, -0.25) is 10.1 Å². The van der Waals surface area contributed by atoms with Crippen molar-refractivity contribution in [2.75, 3.05) is 10.6 Å². The van der Waals surface area contributed by atoms with E-state index in [-0.39, 0.29) is 12.5 Å². The Kier molecular flexibility index (Phi) is 7.86. The van der Waals surface area contributed by atoms with Gasteiger partial charge < -0.3 is 20.1 Å². The number of hydrogen-bond donors (Lipinski definition) is 3. The fraction of sp³-hybridized carbons (Fsp3) is 0.375. The van der Waals surface area contributed by atoms with E-state index >= 15 is 0 Å². The van der Waals surface area contributed by atoms with Crippen LogP contribution in [0.4, 0.5) is 21.0 Å². The normalized spacial score (nSPS) is 11.3. The van der Waals surface area contributed by atoms with Gasteiger partial charge in [-0.2, -0.15) is 0 Å². The van der Waals surface area contributed by atoms with E-state index in [2.05, 4.69) is 16.0 Å². The lowest BCUT2D eigenvalue weighted by Crippen LogP contribution is -2.32. The van der Waals surface area contributed by atoms with Crippen LogP contribution in [0.5, 0.6) is 0 Å². The molecule has 0 aliphatic heterocycles. The molecule has 0 bridgehead atoms. The van der Waals surface area contributed by atoms with Gasteiger partial charge in [0.25, 0.3) is 5.91 Å². The SMILES string of the molecule is CC(C)(C)OC(=O)NCc1ccc(C(=O)Nc2ccccc2NC(=O)OC(C)(C)C)cc1. The predicted octanol–water partition coefficient (Wildman–Crippen LogP) is 5.31. The van der Waals surface area contributed by atoms with Crippen LogP contribution in [-0.2, 0) is 16.0 Å². The molecule has 3 amide bonds. The molecule has 0 unspecified atom stereocenters. The fourth-order valence-corrected chi connectivity index (χ4v) is 2.57. The van der Waals surface area contributed by atoms with Crippen molar-refractivity contribution in [2.45, 2.75) is 59.3 Å². The van der Waals surface area contributed by atoms with E-state index in [0.29, 0.717) is 16.9 Å². The number of nitrogens with one attached hydrogen (secondary N) is 3. The summed E-state index contributed by atoms with van der Waals surface area (Å²) >= 11 is 0. The molecule has 0 fully saturated rings. The van der Waals surface area contributed by atoms with E-state index in [9.17, 15) is 14.4 Å². The lowest BCUT2D eigenvalue weighted by atomic mass is 10.1. The molecule has 0 aliphatic rings. The average Bonchev–Trinajstić information content (AvgIpc) is 2.65. The summed E-state index contributed by atoms with van der Waals surface area (Å²) in [6.45, 7) is 11.0. The number of ether oxygens (including phenoxy) is 2. The minimum absolute atomic E-state index is 0.277. The van der Waals surface area contributed by atoms with Gasteiger partial charge >= 0.3 is 12.2 Å². The molecule has 3 N–H and O–H groups in total. The number of alkyl carbamates (subject to hydrolysis) is 1. The van der Waals surface area contributed by atoms with Crippen molar-refractivity contribution >= 4 is 29.5 Å². The van der Waals surface area contributed by atoms with E-state index in [1.165, 1.54) is 0 Å². The standard InChI is InChI=1S/C24H31N3O5/c1-23(2,3)31-21(29)25-15-16-11-13-17(14-12-16)20(28)26-18-9-7-8-10-19(18)27-22(30)32-24(4,5)6/h7-14H,15H2,1-6H3,(H,25,29)(H,26,28)(H,27,30). The lowest BCUT2D eigenvalue weighted by Gasteiger charge is -2.20.